The number of carbonyl (C=O) groups excluding carboxylic acids is 1. The van der Waals surface area contributed by atoms with Gasteiger partial charge in [0.1, 0.15) is 0 Å². The number of nitrogens with one attached hydrogen (secondary N) is 3. The first kappa shape index (κ1) is 31.5. The zero-order chi connectivity index (χ0) is 27.4. The molecular weight excluding hydrogens is 488 g/mol. The molecule has 0 saturated carbocycles. The third-order valence-electron chi connectivity index (χ3n) is 7.54. The average Bonchev–Trinajstić information content (AvgIpc) is 3.55. The lowest BCUT2D eigenvalue weighted by atomic mass is 9.99. The van der Waals surface area contributed by atoms with Gasteiger partial charge in [-0.1, -0.05) is 33.8 Å². The van der Waals surface area contributed by atoms with Crippen LogP contribution in [0.4, 0.5) is 10.5 Å². The van der Waals surface area contributed by atoms with Crippen molar-refractivity contribution in [1.82, 2.24) is 24.1 Å². The van der Waals surface area contributed by atoms with Crippen molar-refractivity contribution in [3.63, 3.8) is 0 Å². The first-order valence-corrected chi connectivity index (χ1v) is 15.4. The molecule has 2 amide bonds. The summed E-state index contributed by atoms with van der Waals surface area (Å²) in [5.74, 6) is 0. The molecule has 2 aliphatic carbocycles. The summed E-state index contributed by atoms with van der Waals surface area (Å²) in [7, 11) is -0.389. The monoisotopic (exact) mass is 538 g/mol. The topological polar surface area (TPSA) is 97.0 Å². The summed E-state index contributed by atoms with van der Waals surface area (Å²) in [5, 5.41) is 6.00. The van der Waals surface area contributed by atoms with Crippen LogP contribution < -0.4 is 15.4 Å². The molecule has 3 rings (SSSR count). The molecule has 0 bridgehead atoms. The standard InChI is InChI=1S/C20H32N4O3S.C7H18N2/c1-4-24(5-2)13-12-23(3)28(26,27)22-20(25)21-19-17-10-6-8-15(17)14-16-9-7-11-18(16)19;1-4-9(5-2)7-6-8-3/h14H,4-13H2,1-3H3,(H2,21,22,25);8H,4-7H2,1-3H3. The highest BCUT2D eigenvalue weighted by atomic mass is 32.2. The third kappa shape index (κ3) is 9.21. The molecular formula is C27H50N6O3S. The average molecular weight is 539 g/mol. The number of hydrogen-bond acceptors (Lipinski definition) is 6. The van der Waals surface area contributed by atoms with E-state index in [4.69, 9.17) is 0 Å². The second-order valence-electron chi connectivity index (χ2n) is 9.77. The molecule has 0 spiro atoms. The van der Waals surface area contributed by atoms with Crippen molar-refractivity contribution in [1.29, 1.82) is 0 Å². The number of carbonyl (C=O) groups is 1. The fourth-order valence-corrected chi connectivity index (χ4v) is 5.82. The quantitative estimate of drug-likeness (QED) is 0.357. The van der Waals surface area contributed by atoms with E-state index in [1.165, 1.54) is 40.2 Å². The summed E-state index contributed by atoms with van der Waals surface area (Å²) in [6.07, 6.45) is 6.11. The molecule has 0 aromatic heterocycles. The summed E-state index contributed by atoms with van der Waals surface area (Å²) >= 11 is 0. The highest BCUT2D eigenvalue weighted by Gasteiger charge is 2.27. The minimum atomic E-state index is -3.88. The molecule has 1 aromatic rings. The van der Waals surface area contributed by atoms with Gasteiger partial charge in [-0.3, -0.25) is 0 Å². The van der Waals surface area contributed by atoms with Gasteiger partial charge in [0.15, 0.2) is 0 Å². The number of likely N-dealkylation sites (N-methyl/N-ethyl adjacent to an activating group) is 4. The highest BCUT2D eigenvalue weighted by molar-refractivity contribution is 7.87. The van der Waals surface area contributed by atoms with Gasteiger partial charge in [-0.25, -0.2) is 9.52 Å². The fourth-order valence-electron chi connectivity index (χ4n) is 5.05. The maximum absolute atomic E-state index is 12.5. The Bertz CT molecular complexity index is 929. The Morgan fingerprint density at radius 3 is 1.84 bits per heavy atom. The zero-order valence-corrected chi connectivity index (χ0v) is 24.8. The minimum absolute atomic E-state index is 0.334. The summed E-state index contributed by atoms with van der Waals surface area (Å²) in [6, 6.07) is 1.61. The lowest BCUT2D eigenvalue weighted by Gasteiger charge is -2.23. The Morgan fingerprint density at radius 1 is 0.838 bits per heavy atom. The SMILES string of the molecule is CCN(CC)CCN(C)S(=O)(=O)NC(=O)Nc1c2c(cc3c1CCC3)CCC2.CCN(CC)CCNC. The van der Waals surface area contributed by atoms with E-state index in [1.54, 1.807) is 0 Å². The second kappa shape index (κ2) is 15.6. The maximum atomic E-state index is 12.5. The number of urea groups is 1. The number of nitrogens with zero attached hydrogens (tertiary/aromatic N) is 3. The van der Waals surface area contributed by atoms with Crippen LogP contribution in [0.5, 0.6) is 0 Å². The van der Waals surface area contributed by atoms with Gasteiger partial charge in [-0.2, -0.15) is 12.7 Å². The van der Waals surface area contributed by atoms with Gasteiger partial charge in [0.05, 0.1) is 0 Å². The fraction of sp³-hybridized carbons (Fsp3) is 0.741. The minimum Gasteiger partial charge on any atom is -0.318 e. The van der Waals surface area contributed by atoms with Crippen LogP contribution in [0.25, 0.3) is 0 Å². The highest BCUT2D eigenvalue weighted by Crippen LogP contribution is 2.38. The number of benzene rings is 1. The molecule has 2 aliphatic rings. The Labute approximate surface area is 225 Å². The number of amides is 2. The first-order chi connectivity index (χ1) is 17.7. The van der Waals surface area contributed by atoms with Crippen LogP contribution in [-0.2, 0) is 35.9 Å². The summed E-state index contributed by atoms with van der Waals surface area (Å²) < 4.78 is 28.4. The normalized spacial score (nSPS) is 14.5. The Hall–Kier alpha value is -1.72. The molecule has 0 fully saturated rings. The lowest BCUT2D eigenvalue weighted by Crippen LogP contribution is -2.45. The van der Waals surface area contributed by atoms with Crippen molar-refractivity contribution < 1.29 is 13.2 Å². The molecule has 0 unspecified atom stereocenters. The van der Waals surface area contributed by atoms with Crippen molar-refractivity contribution in [3.05, 3.63) is 28.3 Å². The van der Waals surface area contributed by atoms with E-state index in [-0.39, 0.29) is 0 Å². The van der Waals surface area contributed by atoms with E-state index in [2.05, 4.69) is 45.1 Å². The first-order valence-electron chi connectivity index (χ1n) is 14.0. The smallest absolute Gasteiger partial charge is 0.318 e. The van der Waals surface area contributed by atoms with Gasteiger partial charge in [0, 0.05) is 38.9 Å². The van der Waals surface area contributed by atoms with Gasteiger partial charge >= 0.3 is 16.2 Å². The number of aryl methyl sites for hydroxylation is 2. The van der Waals surface area contributed by atoms with Gasteiger partial charge in [-0.15, -0.1) is 0 Å². The van der Waals surface area contributed by atoms with E-state index in [1.807, 2.05) is 20.9 Å². The van der Waals surface area contributed by atoms with E-state index < -0.39 is 16.2 Å². The molecule has 0 aliphatic heterocycles. The van der Waals surface area contributed by atoms with Crippen LogP contribution in [-0.4, -0.2) is 95.0 Å². The number of anilines is 1. The van der Waals surface area contributed by atoms with Crippen molar-refractivity contribution in [3.8, 4) is 0 Å². The van der Waals surface area contributed by atoms with Crippen LogP contribution in [0, 0.1) is 0 Å². The van der Waals surface area contributed by atoms with Crippen molar-refractivity contribution in [2.45, 2.75) is 66.2 Å². The van der Waals surface area contributed by atoms with Crippen molar-refractivity contribution in [2.24, 2.45) is 0 Å². The van der Waals surface area contributed by atoms with Crippen LogP contribution >= 0.6 is 0 Å². The Kier molecular flexibility index (Phi) is 13.3. The van der Waals surface area contributed by atoms with Crippen LogP contribution in [0.3, 0.4) is 0 Å². The van der Waals surface area contributed by atoms with Crippen LogP contribution in [0.1, 0.15) is 62.8 Å². The molecule has 10 heteroatoms. The summed E-state index contributed by atoms with van der Waals surface area (Å²) in [4.78, 5) is 17.1. The second-order valence-corrected chi connectivity index (χ2v) is 11.6. The molecule has 0 saturated heterocycles. The van der Waals surface area contributed by atoms with Crippen molar-refractivity contribution in [2.75, 3.05) is 71.8 Å². The lowest BCUT2D eigenvalue weighted by molar-refractivity contribution is 0.255. The van der Waals surface area contributed by atoms with E-state index in [9.17, 15) is 13.2 Å². The van der Waals surface area contributed by atoms with E-state index in [0.29, 0.717) is 13.1 Å². The zero-order valence-electron chi connectivity index (χ0n) is 24.0. The van der Waals surface area contributed by atoms with Crippen LogP contribution in [0.2, 0.25) is 0 Å². The molecule has 1 aromatic carbocycles. The summed E-state index contributed by atoms with van der Waals surface area (Å²) in [5.41, 5.74) is 5.82. The Morgan fingerprint density at radius 2 is 1.35 bits per heavy atom. The van der Waals surface area contributed by atoms with E-state index in [0.717, 1.165) is 76.9 Å². The van der Waals surface area contributed by atoms with Gasteiger partial charge in [0.2, 0.25) is 0 Å². The molecule has 37 heavy (non-hydrogen) atoms. The van der Waals surface area contributed by atoms with Gasteiger partial charge in [0.25, 0.3) is 0 Å². The predicted octanol–water partition coefficient (Wildman–Crippen LogP) is 2.85. The molecule has 0 heterocycles. The molecule has 0 radical (unpaired) electrons. The maximum Gasteiger partial charge on any atom is 0.333 e. The van der Waals surface area contributed by atoms with Crippen LogP contribution in [0.15, 0.2) is 6.07 Å². The molecule has 0 atom stereocenters. The van der Waals surface area contributed by atoms with E-state index >= 15 is 0 Å². The van der Waals surface area contributed by atoms with Gasteiger partial charge in [-0.05, 0) is 94.0 Å². The summed E-state index contributed by atoms with van der Waals surface area (Å²) in [6.45, 7) is 15.8. The number of hydrogen-bond donors (Lipinski definition) is 3. The molecule has 212 valence electrons. The van der Waals surface area contributed by atoms with Gasteiger partial charge < -0.3 is 20.4 Å². The third-order valence-corrected chi connectivity index (χ3v) is 8.99. The van der Waals surface area contributed by atoms with Crippen molar-refractivity contribution >= 4 is 21.9 Å². The number of fused-ring (bicyclic) bond motifs is 2. The number of rotatable bonds is 13. The predicted molar refractivity (Wildman–Crippen MR) is 154 cm³/mol. The largest absolute Gasteiger partial charge is 0.333 e. The molecule has 9 nitrogen and oxygen atoms in total. The molecule has 3 N–H and O–H groups in total. The Balaban J connectivity index is 0.000000458.